The maximum Gasteiger partial charge on any atom is 0.196 e. The Hall–Kier alpha value is -4.05. The molecular formula is C26H19F3N2O2. The SMILES string of the molecule is Cc1cc([C@@H](C)Nc2cccc(F)c2C#N)c2oc(-c3cccc(F)c3F)c(C)c(=O)c2c1. The van der Waals surface area contributed by atoms with Crippen LogP contribution < -0.4 is 10.7 Å². The minimum atomic E-state index is -1.11. The maximum atomic E-state index is 14.5. The lowest BCUT2D eigenvalue weighted by atomic mass is 9.98. The highest BCUT2D eigenvalue weighted by atomic mass is 19.2. The van der Waals surface area contributed by atoms with Crippen molar-refractivity contribution >= 4 is 16.7 Å². The molecule has 0 aliphatic carbocycles. The van der Waals surface area contributed by atoms with E-state index in [2.05, 4.69) is 5.32 Å². The highest BCUT2D eigenvalue weighted by Crippen LogP contribution is 2.34. The molecule has 0 aliphatic rings. The van der Waals surface area contributed by atoms with Gasteiger partial charge in [-0.05, 0) is 56.7 Å². The minimum Gasteiger partial charge on any atom is -0.455 e. The first-order chi connectivity index (χ1) is 15.7. The number of halogens is 3. The Bertz CT molecular complexity index is 1500. The Kier molecular flexibility index (Phi) is 5.69. The van der Waals surface area contributed by atoms with Crippen LogP contribution in [0.4, 0.5) is 18.9 Å². The summed E-state index contributed by atoms with van der Waals surface area (Å²) in [5.41, 5.74) is 1.30. The molecule has 1 heterocycles. The van der Waals surface area contributed by atoms with Gasteiger partial charge in [-0.3, -0.25) is 4.79 Å². The average molecular weight is 448 g/mol. The molecule has 3 aromatic carbocycles. The van der Waals surface area contributed by atoms with Crippen molar-refractivity contribution in [2.75, 3.05) is 5.32 Å². The second kappa shape index (κ2) is 8.47. The van der Waals surface area contributed by atoms with Crippen molar-refractivity contribution in [2.45, 2.75) is 26.8 Å². The van der Waals surface area contributed by atoms with Crippen LogP contribution >= 0.6 is 0 Å². The summed E-state index contributed by atoms with van der Waals surface area (Å²) in [6.45, 7) is 5.08. The van der Waals surface area contributed by atoms with E-state index < -0.39 is 23.5 Å². The lowest BCUT2D eigenvalue weighted by Gasteiger charge is -2.19. The Morgan fingerprint density at radius 2 is 1.73 bits per heavy atom. The molecule has 166 valence electrons. The predicted molar refractivity (Wildman–Crippen MR) is 120 cm³/mol. The molecule has 7 heteroatoms. The lowest BCUT2D eigenvalue weighted by molar-refractivity contribution is 0.505. The third-order valence-corrected chi connectivity index (χ3v) is 5.55. The van der Waals surface area contributed by atoms with Gasteiger partial charge in [0.2, 0.25) is 0 Å². The van der Waals surface area contributed by atoms with Crippen LogP contribution in [-0.2, 0) is 0 Å². The van der Waals surface area contributed by atoms with Crippen LogP contribution in [-0.4, -0.2) is 0 Å². The largest absolute Gasteiger partial charge is 0.455 e. The van der Waals surface area contributed by atoms with Gasteiger partial charge in [-0.2, -0.15) is 5.26 Å². The van der Waals surface area contributed by atoms with Gasteiger partial charge in [-0.25, -0.2) is 13.2 Å². The van der Waals surface area contributed by atoms with Crippen molar-refractivity contribution in [3.63, 3.8) is 0 Å². The Balaban J connectivity index is 1.93. The summed E-state index contributed by atoms with van der Waals surface area (Å²) in [7, 11) is 0. The molecule has 4 rings (SSSR count). The van der Waals surface area contributed by atoms with Crippen molar-refractivity contribution in [3.8, 4) is 17.4 Å². The molecule has 0 unspecified atom stereocenters. The Morgan fingerprint density at radius 3 is 2.45 bits per heavy atom. The van der Waals surface area contributed by atoms with Crippen molar-refractivity contribution < 1.29 is 17.6 Å². The molecule has 33 heavy (non-hydrogen) atoms. The summed E-state index contributed by atoms with van der Waals surface area (Å²) < 4.78 is 48.4. The number of fused-ring (bicyclic) bond motifs is 1. The van der Waals surface area contributed by atoms with E-state index in [-0.39, 0.29) is 44.5 Å². The number of nitrogens with zero attached hydrogens (tertiary/aromatic N) is 1. The fourth-order valence-electron chi connectivity index (χ4n) is 3.89. The number of nitrogens with one attached hydrogen (secondary N) is 1. The Labute approximate surface area is 187 Å². The van der Waals surface area contributed by atoms with Crippen molar-refractivity contribution in [1.82, 2.24) is 0 Å². The summed E-state index contributed by atoms with van der Waals surface area (Å²) in [4.78, 5) is 13.2. The molecule has 0 spiro atoms. The Morgan fingerprint density at radius 1 is 1.03 bits per heavy atom. The fraction of sp³-hybridized carbons (Fsp3) is 0.154. The van der Waals surface area contributed by atoms with Gasteiger partial charge < -0.3 is 9.73 Å². The first kappa shape index (κ1) is 22.2. The molecule has 1 N–H and O–H groups in total. The zero-order chi connectivity index (χ0) is 23.9. The van der Waals surface area contributed by atoms with E-state index in [0.717, 1.165) is 11.6 Å². The van der Waals surface area contributed by atoms with Gasteiger partial charge in [-0.15, -0.1) is 0 Å². The molecule has 0 fully saturated rings. The van der Waals surface area contributed by atoms with E-state index in [9.17, 15) is 23.2 Å². The number of benzene rings is 3. The zero-order valence-corrected chi connectivity index (χ0v) is 18.1. The van der Waals surface area contributed by atoms with Gasteiger partial charge >= 0.3 is 0 Å². The van der Waals surface area contributed by atoms with Gasteiger partial charge in [-0.1, -0.05) is 18.2 Å². The van der Waals surface area contributed by atoms with Crippen LogP contribution in [0.25, 0.3) is 22.3 Å². The summed E-state index contributed by atoms with van der Waals surface area (Å²) in [5.74, 6) is -2.88. The standard InChI is InChI=1S/C26H19F3N2O2/c1-13-10-17(15(3)31-22-9-5-7-20(27)19(22)12-30)26-18(11-13)24(32)14(2)25(33-26)16-6-4-8-21(28)23(16)29/h4-11,15,31H,1-3H3/t15-/m1/s1. The zero-order valence-electron chi connectivity index (χ0n) is 18.1. The number of hydrogen-bond donors (Lipinski definition) is 1. The van der Waals surface area contributed by atoms with Gasteiger partial charge in [0.15, 0.2) is 17.1 Å². The molecule has 0 bridgehead atoms. The molecular weight excluding hydrogens is 429 g/mol. The number of nitriles is 1. The van der Waals surface area contributed by atoms with E-state index in [1.54, 1.807) is 25.1 Å². The van der Waals surface area contributed by atoms with Gasteiger partial charge in [0.25, 0.3) is 0 Å². The molecule has 1 atom stereocenters. The summed E-state index contributed by atoms with van der Waals surface area (Å²) in [5, 5.41) is 12.7. The first-order valence-electron chi connectivity index (χ1n) is 10.2. The third-order valence-electron chi connectivity index (χ3n) is 5.55. The number of anilines is 1. The maximum absolute atomic E-state index is 14.5. The molecule has 0 amide bonds. The van der Waals surface area contributed by atoms with E-state index in [4.69, 9.17) is 4.42 Å². The predicted octanol–water partition coefficient (Wildman–Crippen LogP) is 6.54. The van der Waals surface area contributed by atoms with Crippen LogP contribution in [0.1, 0.15) is 35.2 Å². The summed E-state index contributed by atoms with van der Waals surface area (Å²) >= 11 is 0. The minimum absolute atomic E-state index is 0.0646. The smallest absolute Gasteiger partial charge is 0.196 e. The van der Waals surface area contributed by atoms with Gasteiger partial charge in [0, 0.05) is 11.1 Å². The normalized spacial score (nSPS) is 11.9. The quantitative estimate of drug-likeness (QED) is 0.385. The molecule has 1 aromatic heterocycles. The second-order valence-corrected chi connectivity index (χ2v) is 7.86. The number of aryl methyl sites for hydroxylation is 1. The molecule has 0 aliphatic heterocycles. The van der Waals surface area contributed by atoms with Crippen molar-refractivity contribution in [2.24, 2.45) is 0 Å². The van der Waals surface area contributed by atoms with Crippen LogP contribution in [0.3, 0.4) is 0 Å². The molecule has 4 nitrogen and oxygen atoms in total. The lowest BCUT2D eigenvalue weighted by Crippen LogP contribution is -2.13. The monoisotopic (exact) mass is 448 g/mol. The molecule has 0 radical (unpaired) electrons. The van der Waals surface area contributed by atoms with Crippen LogP contribution in [0, 0.1) is 42.6 Å². The van der Waals surface area contributed by atoms with Crippen LogP contribution in [0.15, 0.2) is 57.7 Å². The van der Waals surface area contributed by atoms with Gasteiger partial charge in [0.05, 0.1) is 22.7 Å². The number of hydrogen-bond acceptors (Lipinski definition) is 4. The van der Waals surface area contributed by atoms with Gasteiger partial charge in [0.1, 0.15) is 28.8 Å². The molecule has 4 aromatic rings. The summed E-state index contributed by atoms with van der Waals surface area (Å²) in [6, 6.07) is 12.7. The highest BCUT2D eigenvalue weighted by Gasteiger charge is 2.22. The molecule has 0 saturated carbocycles. The summed E-state index contributed by atoms with van der Waals surface area (Å²) in [6.07, 6.45) is 0. The van der Waals surface area contributed by atoms with E-state index in [1.807, 2.05) is 13.0 Å². The van der Waals surface area contributed by atoms with Crippen LogP contribution in [0.2, 0.25) is 0 Å². The highest BCUT2D eigenvalue weighted by molar-refractivity contribution is 5.84. The van der Waals surface area contributed by atoms with Crippen molar-refractivity contribution in [3.05, 3.63) is 98.5 Å². The second-order valence-electron chi connectivity index (χ2n) is 7.86. The van der Waals surface area contributed by atoms with E-state index in [0.29, 0.717) is 5.56 Å². The fourth-order valence-corrected chi connectivity index (χ4v) is 3.89. The van der Waals surface area contributed by atoms with Crippen LogP contribution in [0.5, 0.6) is 0 Å². The molecule has 0 saturated heterocycles. The van der Waals surface area contributed by atoms with Crippen molar-refractivity contribution in [1.29, 1.82) is 5.26 Å². The topological polar surface area (TPSA) is 66.0 Å². The van der Waals surface area contributed by atoms with E-state index >= 15 is 0 Å². The average Bonchev–Trinajstić information content (AvgIpc) is 2.78. The van der Waals surface area contributed by atoms with E-state index in [1.165, 1.54) is 31.2 Å². The number of rotatable bonds is 4. The third kappa shape index (κ3) is 3.85. The first-order valence-corrected chi connectivity index (χ1v) is 10.2.